The first-order valence-corrected chi connectivity index (χ1v) is 17.1. The summed E-state index contributed by atoms with van der Waals surface area (Å²) in [6.45, 7) is 18.8. The quantitative estimate of drug-likeness (QED) is 0.580. The van der Waals surface area contributed by atoms with Gasteiger partial charge in [0.25, 0.3) is 0 Å². The van der Waals surface area contributed by atoms with Gasteiger partial charge >= 0.3 is 0 Å². The maximum atomic E-state index is 11.6. The van der Waals surface area contributed by atoms with E-state index in [1.165, 1.54) is 6.33 Å². The van der Waals surface area contributed by atoms with Crippen LogP contribution in [0.4, 0.5) is 5.82 Å². The van der Waals surface area contributed by atoms with Crippen molar-refractivity contribution in [1.82, 2.24) is 19.5 Å². The highest BCUT2D eigenvalue weighted by Crippen LogP contribution is 2.51. The highest BCUT2D eigenvalue weighted by atomic mass is 28.4. The predicted molar refractivity (Wildman–Crippen MR) is 137 cm³/mol. The Hall–Kier alpha value is -1.38. The van der Waals surface area contributed by atoms with Crippen molar-refractivity contribution < 1.29 is 18.7 Å². The van der Waals surface area contributed by atoms with Crippen LogP contribution in [0.1, 0.15) is 61.6 Å². The molecule has 4 heterocycles. The Morgan fingerprint density at radius 3 is 2.18 bits per heavy atom. The molecule has 3 N–H and O–H groups in total. The van der Waals surface area contributed by atoms with Crippen LogP contribution in [0.3, 0.4) is 0 Å². The number of fused-ring (bicyclic) bond motifs is 2. The minimum absolute atomic E-state index is 0.303. The van der Waals surface area contributed by atoms with E-state index >= 15 is 0 Å². The van der Waals surface area contributed by atoms with Gasteiger partial charge in [0.2, 0.25) is 0 Å². The fourth-order valence-electron chi connectivity index (χ4n) is 6.06. The van der Waals surface area contributed by atoms with E-state index in [4.69, 9.17) is 19.3 Å². The van der Waals surface area contributed by atoms with Crippen LogP contribution in [0.5, 0.6) is 0 Å². The van der Waals surface area contributed by atoms with Gasteiger partial charge in [-0.3, -0.25) is 4.57 Å². The molecule has 2 aliphatic heterocycles. The highest BCUT2D eigenvalue weighted by molar-refractivity contribution is 6.94. The second-order valence-electron chi connectivity index (χ2n) is 11.2. The molecule has 0 saturated carbocycles. The number of hydrogen-bond acceptors (Lipinski definition) is 8. The monoisotopic (exact) mass is 507 g/mol. The number of ether oxygens (including phenoxy) is 1. The molecule has 0 aliphatic carbocycles. The van der Waals surface area contributed by atoms with Crippen LogP contribution in [0.25, 0.3) is 11.2 Å². The summed E-state index contributed by atoms with van der Waals surface area (Å²) in [5.74, 6) is 0.303. The van der Waals surface area contributed by atoms with E-state index in [-0.39, 0.29) is 6.10 Å². The third-order valence-corrected chi connectivity index (χ3v) is 22.0. The number of imidazole rings is 1. The molecule has 2 aliphatic rings. The second-order valence-corrected chi connectivity index (χ2v) is 21.6. The number of aliphatic hydroxyl groups excluding tert-OH is 1. The molecular formula is C23H41N5O4Si2. The number of anilines is 1. The first-order chi connectivity index (χ1) is 15.9. The van der Waals surface area contributed by atoms with Crippen molar-refractivity contribution in [3.63, 3.8) is 0 Å². The van der Waals surface area contributed by atoms with Crippen LogP contribution in [0, 0.1) is 0 Å². The minimum atomic E-state index is -2.36. The molecule has 4 atom stereocenters. The summed E-state index contributed by atoms with van der Waals surface area (Å²) in [5, 5.41) is 11.6. The molecule has 11 heteroatoms. The maximum Gasteiger partial charge on any atom is 0.198 e. The molecule has 9 nitrogen and oxygen atoms in total. The lowest BCUT2D eigenvalue weighted by Gasteiger charge is -2.51. The number of rotatable bonds is 5. The molecule has 0 spiro atoms. The van der Waals surface area contributed by atoms with Crippen molar-refractivity contribution in [1.29, 1.82) is 0 Å². The van der Waals surface area contributed by atoms with Crippen molar-refractivity contribution in [3.8, 4) is 0 Å². The molecule has 0 bridgehead atoms. The predicted octanol–water partition coefficient (Wildman–Crippen LogP) is 4.15. The zero-order valence-electron chi connectivity index (χ0n) is 21.7. The number of nitrogen functional groups attached to an aromatic ring is 1. The molecule has 34 heavy (non-hydrogen) atoms. The van der Waals surface area contributed by atoms with Gasteiger partial charge in [0.15, 0.2) is 34.3 Å². The van der Waals surface area contributed by atoms with Gasteiger partial charge < -0.3 is 24.4 Å². The zero-order valence-corrected chi connectivity index (χ0v) is 23.7. The lowest BCUT2D eigenvalue weighted by atomic mass is 10.1. The third-order valence-electron chi connectivity index (χ3n) is 8.30. The van der Waals surface area contributed by atoms with E-state index in [2.05, 4.69) is 70.3 Å². The summed E-state index contributed by atoms with van der Waals surface area (Å²) in [4.78, 5) is 12.7. The van der Waals surface area contributed by atoms with Crippen LogP contribution in [-0.4, -0.2) is 66.2 Å². The first kappa shape index (κ1) is 25.7. The van der Waals surface area contributed by atoms with Gasteiger partial charge in [-0.25, -0.2) is 15.0 Å². The standard InChI is InChI=1S/C23H41N5O4Si2/c1-13(2)33(14(3)4)12-34(15(5)6,16(7)8)32-20-17(9-30-33)31-23(19(20)29)28-11-27-18-21(24)25-10-26-22(18)28/h10-11,13-17,19-20,23,29H,9,12H2,1-8H3,(H2,24,25,26)/t17-,19-,20-,23-/m1/s1. The van der Waals surface area contributed by atoms with Gasteiger partial charge in [-0.15, -0.1) is 0 Å². The van der Waals surface area contributed by atoms with Gasteiger partial charge in [0.1, 0.15) is 30.2 Å². The van der Waals surface area contributed by atoms with Gasteiger partial charge in [0.05, 0.1) is 12.9 Å². The van der Waals surface area contributed by atoms with Crippen LogP contribution in [0.15, 0.2) is 12.7 Å². The molecule has 0 unspecified atom stereocenters. The topological polar surface area (TPSA) is 118 Å². The lowest BCUT2D eigenvalue weighted by Crippen LogP contribution is -2.62. The summed E-state index contributed by atoms with van der Waals surface area (Å²) in [7, 11) is -4.54. The fraction of sp³-hybridized carbons (Fsp3) is 0.783. The van der Waals surface area contributed by atoms with E-state index in [1.807, 2.05) is 0 Å². The SMILES string of the molecule is CC(C)[Si]1(C(C)C)C[Si](C(C)C)(C(C)C)O[C@H]2[C@@H](O)[C@H](n3cnc4c(N)ncnc43)O[C@@H]2CO1. The second kappa shape index (κ2) is 9.25. The molecule has 4 rings (SSSR count). The molecule has 0 amide bonds. The van der Waals surface area contributed by atoms with Gasteiger partial charge in [-0.1, -0.05) is 55.4 Å². The number of nitrogens with zero attached hydrogens (tertiary/aromatic N) is 4. The Labute approximate surface area is 204 Å². The number of aliphatic hydroxyl groups is 1. The molecule has 2 saturated heterocycles. The van der Waals surface area contributed by atoms with Crippen LogP contribution in [-0.2, 0) is 13.6 Å². The van der Waals surface area contributed by atoms with Crippen LogP contribution in [0.2, 0.25) is 27.8 Å². The number of aromatic nitrogens is 4. The summed E-state index contributed by atoms with van der Waals surface area (Å²) < 4.78 is 22.4. The van der Waals surface area contributed by atoms with E-state index in [0.717, 1.165) is 5.67 Å². The van der Waals surface area contributed by atoms with Crippen LogP contribution < -0.4 is 5.73 Å². The summed E-state index contributed by atoms with van der Waals surface area (Å²) in [6.07, 6.45) is 0.617. The molecular weight excluding hydrogens is 466 g/mol. The average molecular weight is 508 g/mol. The molecule has 2 fully saturated rings. The first-order valence-electron chi connectivity index (χ1n) is 12.5. The molecule has 190 valence electrons. The smallest absolute Gasteiger partial charge is 0.198 e. The summed E-state index contributed by atoms with van der Waals surface area (Å²) >= 11 is 0. The average Bonchev–Trinajstić information content (AvgIpc) is 3.29. The Morgan fingerprint density at radius 2 is 1.59 bits per heavy atom. The number of hydrogen-bond donors (Lipinski definition) is 2. The van der Waals surface area contributed by atoms with Gasteiger partial charge in [-0.2, -0.15) is 0 Å². The van der Waals surface area contributed by atoms with E-state index in [1.54, 1.807) is 10.9 Å². The maximum absolute atomic E-state index is 11.6. The van der Waals surface area contributed by atoms with Crippen molar-refractivity contribution in [2.24, 2.45) is 0 Å². The van der Waals surface area contributed by atoms with Crippen molar-refractivity contribution in [2.45, 2.75) is 108 Å². The normalized spacial score (nSPS) is 29.2. The molecule has 2 aromatic rings. The Balaban J connectivity index is 1.77. The zero-order chi connectivity index (χ0) is 25.0. The van der Waals surface area contributed by atoms with Crippen molar-refractivity contribution in [3.05, 3.63) is 12.7 Å². The fourth-order valence-corrected chi connectivity index (χ4v) is 21.9. The van der Waals surface area contributed by atoms with Crippen molar-refractivity contribution in [2.75, 3.05) is 12.3 Å². The number of nitrogens with two attached hydrogens (primary N) is 1. The Morgan fingerprint density at radius 1 is 0.971 bits per heavy atom. The minimum Gasteiger partial charge on any atom is -0.414 e. The molecule has 2 aromatic heterocycles. The van der Waals surface area contributed by atoms with Gasteiger partial charge in [0, 0.05) is 0 Å². The molecule has 0 radical (unpaired) electrons. The summed E-state index contributed by atoms with van der Waals surface area (Å²) in [5.41, 5.74) is 9.73. The van der Waals surface area contributed by atoms with E-state index in [0.29, 0.717) is 45.8 Å². The van der Waals surface area contributed by atoms with Crippen molar-refractivity contribution >= 4 is 33.6 Å². The molecule has 0 aromatic carbocycles. The Bertz CT molecular complexity index is 998. The van der Waals surface area contributed by atoms with Gasteiger partial charge in [-0.05, 0) is 27.8 Å². The summed E-state index contributed by atoms with van der Waals surface area (Å²) in [6, 6.07) is 0. The van der Waals surface area contributed by atoms with E-state index < -0.39 is 35.1 Å². The highest BCUT2D eigenvalue weighted by Gasteiger charge is 2.60. The largest absolute Gasteiger partial charge is 0.414 e. The Kier molecular flexibility index (Phi) is 6.99. The lowest BCUT2D eigenvalue weighted by molar-refractivity contribution is -0.0497. The van der Waals surface area contributed by atoms with E-state index in [9.17, 15) is 5.11 Å². The third kappa shape index (κ3) is 3.94. The van der Waals surface area contributed by atoms with Crippen LogP contribution >= 0.6 is 0 Å².